The first-order valence-corrected chi connectivity index (χ1v) is 13.4. The van der Waals surface area contributed by atoms with Gasteiger partial charge < -0.3 is 0 Å². The Hall–Kier alpha value is -0.797. The van der Waals surface area contributed by atoms with Gasteiger partial charge in [0.15, 0.2) is 6.20 Å². The van der Waals surface area contributed by atoms with Gasteiger partial charge in [-0.05, 0) is 0 Å². The van der Waals surface area contributed by atoms with Crippen molar-refractivity contribution in [2.45, 2.75) is 0 Å². The molecule has 0 aliphatic heterocycles. The Morgan fingerprint density at radius 3 is 1.20 bits per heavy atom. The van der Waals surface area contributed by atoms with Crippen LogP contribution in [0.25, 0.3) is 0 Å². The molecule has 0 radical (unpaired) electrons. The zero-order valence-corrected chi connectivity index (χ0v) is 14.3. The van der Waals surface area contributed by atoms with Crippen molar-refractivity contribution in [1.82, 2.24) is 41.1 Å². The predicted molar refractivity (Wildman–Crippen MR) is 71.3 cm³/mol. The van der Waals surface area contributed by atoms with Crippen LogP contribution in [0.15, 0.2) is 37.2 Å². The fourth-order valence-corrected chi connectivity index (χ4v) is 0.520. The van der Waals surface area contributed by atoms with E-state index in [9.17, 15) is 0 Å². The molecule has 3 aromatic heterocycles. The molecule has 9 nitrogen and oxygen atoms in total. The summed E-state index contributed by atoms with van der Waals surface area (Å²) in [6, 6.07) is 0. The largest absolute Gasteiger partial charge is 0.205 e. The number of aromatic amines is 4. The summed E-state index contributed by atoms with van der Waals surface area (Å²) in [5.74, 6) is 0. The molecule has 0 spiro atoms. The van der Waals surface area contributed by atoms with E-state index in [1.807, 2.05) is 0 Å². The first-order valence-electron chi connectivity index (χ1n) is 4.48. The molecule has 0 saturated carbocycles. The summed E-state index contributed by atoms with van der Waals surface area (Å²) in [5, 5.41) is 27.3. The quantitative estimate of drug-likeness (QED) is 0.448. The van der Waals surface area contributed by atoms with Crippen molar-refractivity contribution in [3.8, 4) is 0 Å². The van der Waals surface area contributed by atoms with Crippen molar-refractivity contribution in [2.24, 2.45) is 0 Å². The summed E-state index contributed by atoms with van der Waals surface area (Å²) >= 11 is 0. The molecule has 3 heterocycles. The average Bonchev–Trinajstić information content (AvgIpc) is 3.17. The minimum atomic E-state index is -2.97. The van der Waals surface area contributed by atoms with Gasteiger partial charge in [-0.15, -0.1) is 0 Å². The van der Waals surface area contributed by atoms with Crippen molar-refractivity contribution >= 4 is 38.8 Å². The summed E-state index contributed by atoms with van der Waals surface area (Å²) in [5.41, 5.74) is 0. The molecular weight excluding hydrogens is 441 g/mol. The zero-order valence-electron chi connectivity index (χ0n) is 9.57. The van der Waals surface area contributed by atoms with Crippen molar-refractivity contribution in [3.05, 3.63) is 37.2 Å². The van der Waals surface area contributed by atoms with Crippen LogP contribution < -0.4 is 5.10 Å². The van der Waals surface area contributed by atoms with Crippen LogP contribution in [-0.2, 0) is 10.8 Å². The Labute approximate surface area is 132 Å². The zero-order chi connectivity index (χ0) is 15.1. The molecule has 0 aliphatic carbocycles. The van der Waals surface area contributed by atoms with Crippen LogP contribution in [0.4, 0.5) is 0 Å². The third kappa shape index (κ3) is 22.4. The van der Waals surface area contributed by atoms with Crippen LogP contribution in [0, 0.1) is 0 Å². The first kappa shape index (κ1) is 19.2. The fraction of sp³-hybridized carbons (Fsp3) is 0. The third-order valence-electron chi connectivity index (χ3n) is 1.02. The van der Waals surface area contributed by atoms with E-state index in [0.717, 1.165) is 0 Å². The molecular formula is C6H10Cl4N9Ru. The Morgan fingerprint density at radius 2 is 1.10 bits per heavy atom. The summed E-state index contributed by atoms with van der Waals surface area (Å²) in [7, 11) is 17.0. The van der Waals surface area contributed by atoms with Gasteiger partial charge in [0.05, 0.1) is 24.8 Å². The molecule has 0 fully saturated rings. The molecule has 0 saturated heterocycles. The minimum Gasteiger partial charge on any atom is -0.198 e. The normalized spacial score (nSPS) is 9.80. The standard InChI is InChI=1S/3C2H3N3.4ClH.Ru/c3*1-2-4-5-3-1;;;;;/h3*1-2H,(H,3,4,5);4*1H;/q;;;;;;;+3/p-3. The Bertz CT molecular complexity index is 333. The van der Waals surface area contributed by atoms with Gasteiger partial charge in [-0.25, -0.2) is 0 Å². The second-order valence-corrected chi connectivity index (χ2v) is 18.1. The van der Waals surface area contributed by atoms with E-state index in [0.29, 0.717) is 0 Å². The van der Waals surface area contributed by atoms with Gasteiger partial charge in [0.1, 0.15) is 0 Å². The number of halogens is 4. The van der Waals surface area contributed by atoms with E-state index in [1.54, 1.807) is 37.2 Å². The maximum Gasteiger partial charge on any atom is 0.205 e. The van der Waals surface area contributed by atoms with E-state index < -0.39 is 10.8 Å². The molecule has 0 amide bonds. The molecule has 20 heavy (non-hydrogen) atoms. The van der Waals surface area contributed by atoms with Crippen LogP contribution in [0.1, 0.15) is 0 Å². The topological polar surface area (TPSA) is 126 Å². The smallest absolute Gasteiger partial charge is 0.198 e. The van der Waals surface area contributed by atoms with E-state index in [1.165, 1.54) is 0 Å². The van der Waals surface area contributed by atoms with Crippen molar-refractivity contribution in [2.75, 3.05) is 0 Å². The Kier molecular flexibility index (Phi) is 12.7. The molecule has 0 unspecified atom stereocenters. The van der Waals surface area contributed by atoms with E-state index >= 15 is 0 Å². The molecule has 0 aromatic carbocycles. The number of H-pyrrole nitrogens is 4. The van der Waals surface area contributed by atoms with E-state index in [4.69, 9.17) is 38.8 Å². The van der Waals surface area contributed by atoms with Gasteiger partial charge in [-0.2, -0.15) is 35.9 Å². The maximum absolute atomic E-state index is 5.00. The third-order valence-corrected chi connectivity index (χ3v) is 1.02. The van der Waals surface area contributed by atoms with Crippen molar-refractivity contribution in [1.29, 1.82) is 0 Å². The van der Waals surface area contributed by atoms with Crippen molar-refractivity contribution < 1.29 is 15.9 Å². The van der Waals surface area contributed by atoms with Gasteiger partial charge in [0, 0.05) is 5.10 Å². The summed E-state index contributed by atoms with van der Waals surface area (Å²) in [6.07, 6.45) is 9.68. The number of hydrogen-bond acceptors (Lipinski definition) is 5. The second-order valence-electron chi connectivity index (χ2n) is 2.32. The van der Waals surface area contributed by atoms with Gasteiger partial charge in [0.25, 0.3) is 0 Å². The van der Waals surface area contributed by atoms with Crippen LogP contribution in [0.5, 0.6) is 0 Å². The van der Waals surface area contributed by atoms with Crippen molar-refractivity contribution in [3.63, 3.8) is 0 Å². The number of nitrogens with one attached hydrogen (secondary N) is 4. The fourth-order valence-electron chi connectivity index (χ4n) is 0.520. The number of hydrogen-bond donors (Lipinski definition) is 3. The molecule has 0 atom stereocenters. The van der Waals surface area contributed by atoms with E-state index in [2.05, 4.69) is 46.2 Å². The predicted octanol–water partition coefficient (Wildman–Crippen LogP) is 1.59. The van der Waals surface area contributed by atoms with Crippen LogP contribution >= 0.6 is 38.8 Å². The number of nitrogens with zero attached hydrogens (tertiary/aromatic N) is 5. The molecule has 3 aromatic rings. The van der Waals surface area contributed by atoms with E-state index in [-0.39, 0.29) is 0 Å². The molecule has 14 heteroatoms. The summed E-state index contributed by atoms with van der Waals surface area (Å²) < 4.78 is 0. The molecule has 0 bridgehead atoms. The number of aromatic nitrogens is 9. The SMILES string of the molecule is [Cl][Ru-]([Cl])([Cl])[Cl].c1c[nH+][nH]n1.c1cn[nH]n1.c1cn[nH]n1. The van der Waals surface area contributed by atoms with Gasteiger partial charge in [0.2, 0.25) is 6.20 Å². The Balaban J connectivity index is 0.000000241. The summed E-state index contributed by atoms with van der Waals surface area (Å²) in [6.45, 7) is 0. The number of rotatable bonds is 0. The maximum atomic E-state index is 5.00. The average molecular weight is 451 g/mol. The van der Waals surface area contributed by atoms with Crippen LogP contribution in [-0.4, -0.2) is 41.1 Å². The summed E-state index contributed by atoms with van der Waals surface area (Å²) in [4.78, 5) is 0. The molecule has 3 rings (SSSR count). The monoisotopic (exact) mass is 450 g/mol. The first-order chi connectivity index (χ1) is 9.50. The minimum absolute atomic E-state index is 1.58. The second kappa shape index (κ2) is 13.2. The molecule has 115 valence electrons. The van der Waals surface area contributed by atoms with Gasteiger partial charge >= 0.3 is 49.6 Å². The van der Waals surface area contributed by atoms with Crippen LogP contribution in [0.2, 0.25) is 0 Å². The molecule has 4 N–H and O–H groups in total. The van der Waals surface area contributed by atoms with Crippen LogP contribution in [0.3, 0.4) is 0 Å². The molecule has 0 aliphatic rings. The Morgan fingerprint density at radius 1 is 0.700 bits per heavy atom. The van der Waals surface area contributed by atoms with Gasteiger partial charge in [-0.1, -0.05) is 5.21 Å². The van der Waals surface area contributed by atoms with Gasteiger partial charge in [-0.3, -0.25) is 0 Å².